The standard InChI is InChI=1S/C7H13N3O/c1-10-5-9-3-7(10)6(2-8)4-11/h3,5-6,11H,2,4,8H2,1H3. The van der Waals surface area contributed by atoms with Crippen LogP contribution in [0.2, 0.25) is 0 Å². The Kier molecular flexibility index (Phi) is 2.62. The fourth-order valence-corrected chi connectivity index (χ4v) is 1.05. The van der Waals surface area contributed by atoms with Gasteiger partial charge in [0.25, 0.3) is 0 Å². The first kappa shape index (κ1) is 8.23. The summed E-state index contributed by atoms with van der Waals surface area (Å²) in [6.45, 7) is 0.534. The van der Waals surface area contributed by atoms with Crippen LogP contribution in [0.4, 0.5) is 0 Å². The summed E-state index contributed by atoms with van der Waals surface area (Å²) in [6.07, 6.45) is 3.43. The SMILES string of the molecule is Cn1cncc1C(CN)CO. The van der Waals surface area contributed by atoms with E-state index < -0.39 is 0 Å². The second-order valence-electron chi connectivity index (χ2n) is 2.54. The topological polar surface area (TPSA) is 64.1 Å². The lowest BCUT2D eigenvalue weighted by molar-refractivity contribution is 0.264. The lowest BCUT2D eigenvalue weighted by Crippen LogP contribution is -2.18. The average Bonchev–Trinajstić information content (AvgIpc) is 2.40. The lowest BCUT2D eigenvalue weighted by Gasteiger charge is -2.10. The smallest absolute Gasteiger partial charge is 0.0945 e. The molecule has 1 heterocycles. The van der Waals surface area contributed by atoms with Crippen molar-refractivity contribution in [1.82, 2.24) is 9.55 Å². The molecule has 1 aromatic rings. The molecule has 0 fully saturated rings. The van der Waals surface area contributed by atoms with E-state index in [0.29, 0.717) is 6.54 Å². The third-order valence-electron chi connectivity index (χ3n) is 1.78. The van der Waals surface area contributed by atoms with Gasteiger partial charge in [0, 0.05) is 31.4 Å². The van der Waals surface area contributed by atoms with Gasteiger partial charge in [0.1, 0.15) is 0 Å². The number of nitrogens with two attached hydrogens (primary N) is 1. The van der Waals surface area contributed by atoms with E-state index in [0.717, 1.165) is 5.69 Å². The molecule has 1 aromatic heterocycles. The summed E-state index contributed by atoms with van der Waals surface area (Å²) in [4.78, 5) is 3.93. The van der Waals surface area contributed by atoms with Gasteiger partial charge in [-0.15, -0.1) is 0 Å². The number of aliphatic hydroxyl groups excluding tert-OH is 1. The molecule has 4 heteroatoms. The monoisotopic (exact) mass is 155 g/mol. The Balaban J connectivity index is 2.81. The van der Waals surface area contributed by atoms with Crippen LogP contribution in [0.3, 0.4) is 0 Å². The van der Waals surface area contributed by atoms with Crippen LogP contribution in [-0.2, 0) is 7.05 Å². The van der Waals surface area contributed by atoms with E-state index in [4.69, 9.17) is 10.8 Å². The Bertz CT molecular complexity index is 217. The highest BCUT2D eigenvalue weighted by Crippen LogP contribution is 2.11. The van der Waals surface area contributed by atoms with Crippen molar-refractivity contribution in [2.75, 3.05) is 13.2 Å². The summed E-state index contributed by atoms with van der Waals surface area (Å²) in [5, 5.41) is 8.90. The molecular weight excluding hydrogens is 142 g/mol. The van der Waals surface area contributed by atoms with Gasteiger partial charge in [-0.1, -0.05) is 0 Å². The number of aryl methyl sites for hydroxylation is 1. The highest BCUT2D eigenvalue weighted by Gasteiger charge is 2.10. The molecule has 0 amide bonds. The quantitative estimate of drug-likeness (QED) is 0.616. The van der Waals surface area contributed by atoms with Crippen LogP contribution < -0.4 is 5.73 Å². The van der Waals surface area contributed by atoms with Gasteiger partial charge in [-0.3, -0.25) is 0 Å². The fraction of sp³-hybridized carbons (Fsp3) is 0.571. The van der Waals surface area contributed by atoms with E-state index in [2.05, 4.69) is 4.98 Å². The minimum absolute atomic E-state index is 0.0162. The summed E-state index contributed by atoms with van der Waals surface area (Å²) in [6, 6.07) is 0. The predicted molar refractivity (Wildman–Crippen MR) is 42.1 cm³/mol. The van der Waals surface area contributed by atoms with Crippen molar-refractivity contribution in [3.63, 3.8) is 0 Å². The Morgan fingerprint density at radius 1 is 1.82 bits per heavy atom. The van der Waals surface area contributed by atoms with Gasteiger partial charge in [-0.05, 0) is 0 Å². The normalized spacial score (nSPS) is 13.4. The first-order valence-electron chi connectivity index (χ1n) is 3.56. The van der Waals surface area contributed by atoms with Gasteiger partial charge < -0.3 is 15.4 Å². The van der Waals surface area contributed by atoms with Crippen molar-refractivity contribution in [3.8, 4) is 0 Å². The maximum absolute atomic E-state index is 8.90. The maximum Gasteiger partial charge on any atom is 0.0945 e. The second-order valence-corrected chi connectivity index (χ2v) is 2.54. The molecule has 4 nitrogen and oxygen atoms in total. The number of aliphatic hydroxyl groups is 1. The van der Waals surface area contributed by atoms with Crippen molar-refractivity contribution in [2.24, 2.45) is 12.8 Å². The third-order valence-corrected chi connectivity index (χ3v) is 1.78. The number of hydrogen-bond acceptors (Lipinski definition) is 3. The maximum atomic E-state index is 8.90. The molecule has 0 aliphatic rings. The largest absolute Gasteiger partial charge is 0.396 e. The fourth-order valence-electron chi connectivity index (χ4n) is 1.05. The molecule has 0 bridgehead atoms. The highest BCUT2D eigenvalue weighted by molar-refractivity contribution is 5.06. The molecule has 0 saturated carbocycles. The predicted octanol–water partition coefficient (Wildman–Crippen LogP) is -0.545. The molecule has 0 spiro atoms. The highest BCUT2D eigenvalue weighted by atomic mass is 16.3. The number of nitrogens with zero attached hydrogens (tertiary/aromatic N) is 2. The summed E-state index contributed by atoms with van der Waals surface area (Å²) in [7, 11) is 1.89. The van der Waals surface area contributed by atoms with E-state index in [1.807, 2.05) is 11.6 Å². The molecule has 0 radical (unpaired) electrons. The van der Waals surface area contributed by atoms with E-state index in [9.17, 15) is 0 Å². The zero-order chi connectivity index (χ0) is 8.27. The molecule has 11 heavy (non-hydrogen) atoms. The van der Waals surface area contributed by atoms with Crippen LogP contribution >= 0.6 is 0 Å². The summed E-state index contributed by atoms with van der Waals surface area (Å²) in [5.74, 6) is 0.0162. The lowest BCUT2D eigenvalue weighted by atomic mass is 10.1. The number of rotatable bonds is 3. The van der Waals surface area contributed by atoms with Gasteiger partial charge in [0.2, 0.25) is 0 Å². The van der Waals surface area contributed by atoms with E-state index in [1.165, 1.54) is 0 Å². The first-order chi connectivity index (χ1) is 5.29. The summed E-state index contributed by atoms with van der Waals surface area (Å²) < 4.78 is 1.87. The van der Waals surface area contributed by atoms with Crippen LogP contribution in [0, 0.1) is 0 Å². The Morgan fingerprint density at radius 3 is 2.91 bits per heavy atom. The minimum atomic E-state index is 0.0162. The van der Waals surface area contributed by atoms with Crippen molar-refractivity contribution in [1.29, 1.82) is 0 Å². The zero-order valence-electron chi connectivity index (χ0n) is 6.57. The number of imidazole rings is 1. The Hall–Kier alpha value is -0.870. The van der Waals surface area contributed by atoms with Crippen LogP contribution in [0.15, 0.2) is 12.5 Å². The third kappa shape index (κ3) is 1.58. The molecule has 0 aliphatic carbocycles. The van der Waals surface area contributed by atoms with E-state index in [-0.39, 0.29) is 12.5 Å². The molecule has 0 aliphatic heterocycles. The molecule has 0 saturated heterocycles. The van der Waals surface area contributed by atoms with Crippen LogP contribution in [0.5, 0.6) is 0 Å². The van der Waals surface area contributed by atoms with Gasteiger partial charge in [0.05, 0.1) is 12.9 Å². The molecule has 3 N–H and O–H groups in total. The minimum Gasteiger partial charge on any atom is -0.396 e. The molecule has 1 rings (SSSR count). The van der Waals surface area contributed by atoms with Crippen molar-refractivity contribution >= 4 is 0 Å². The van der Waals surface area contributed by atoms with Crippen LogP contribution in [-0.4, -0.2) is 27.8 Å². The van der Waals surface area contributed by atoms with Gasteiger partial charge in [0.15, 0.2) is 0 Å². The van der Waals surface area contributed by atoms with Crippen LogP contribution in [0.25, 0.3) is 0 Å². The van der Waals surface area contributed by atoms with E-state index in [1.54, 1.807) is 12.5 Å². The molecular formula is C7H13N3O. The van der Waals surface area contributed by atoms with Gasteiger partial charge in [-0.25, -0.2) is 4.98 Å². The first-order valence-corrected chi connectivity index (χ1v) is 3.56. The molecule has 1 unspecified atom stereocenters. The van der Waals surface area contributed by atoms with Crippen molar-refractivity contribution in [2.45, 2.75) is 5.92 Å². The Morgan fingerprint density at radius 2 is 2.55 bits per heavy atom. The summed E-state index contributed by atoms with van der Waals surface area (Å²) in [5.41, 5.74) is 6.42. The molecule has 1 atom stereocenters. The summed E-state index contributed by atoms with van der Waals surface area (Å²) >= 11 is 0. The number of hydrogen-bond donors (Lipinski definition) is 2. The van der Waals surface area contributed by atoms with Crippen molar-refractivity contribution < 1.29 is 5.11 Å². The van der Waals surface area contributed by atoms with E-state index >= 15 is 0 Å². The average molecular weight is 155 g/mol. The van der Waals surface area contributed by atoms with Gasteiger partial charge in [-0.2, -0.15) is 0 Å². The zero-order valence-corrected chi connectivity index (χ0v) is 6.57. The molecule has 0 aromatic carbocycles. The molecule has 62 valence electrons. The van der Waals surface area contributed by atoms with Gasteiger partial charge >= 0.3 is 0 Å². The van der Waals surface area contributed by atoms with Crippen LogP contribution in [0.1, 0.15) is 11.6 Å². The van der Waals surface area contributed by atoms with Crippen molar-refractivity contribution in [3.05, 3.63) is 18.2 Å². The second kappa shape index (κ2) is 3.50. The number of aromatic nitrogens is 2. The Labute approximate surface area is 65.7 Å².